The molecule has 0 fully saturated rings. The fourth-order valence-corrected chi connectivity index (χ4v) is 6.82. The first kappa shape index (κ1) is 45.4. The summed E-state index contributed by atoms with van der Waals surface area (Å²) in [4.78, 5) is 26.3. The molecule has 0 bridgehead atoms. The van der Waals surface area contributed by atoms with E-state index in [2.05, 4.69) is 47.1 Å². The van der Waals surface area contributed by atoms with Crippen molar-refractivity contribution in [3.63, 3.8) is 0 Å². The summed E-state index contributed by atoms with van der Waals surface area (Å²) in [6.07, 6.45) is 40.8. The molecule has 0 aliphatic heterocycles. The molecule has 0 aliphatic carbocycles. The van der Waals surface area contributed by atoms with Crippen LogP contribution in [0, 0.1) is 5.92 Å². The van der Waals surface area contributed by atoms with E-state index in [0.717, 1.165) is 43.1 Å². The second-order valence-corrected chi connectivity index (χ2v) is 16.1. The highest BCUT2D eigenvalue weighted by molar-refractivity contribution is 7.53. The Morgan fingerprint density at radius 2 is 0.957 bits per heavy atom. The summed E-state index contributed by atoms with van der Waals surface area (Å²) in [5, 5.41) is 0. The first-order chi connectivity index (χ1) is 22.3. The lowest BCUT2D eigenvalue weighted by Gasteiger charge is -2.23. The Labute approximate surface area is 290 Å². The smallest absolute Gasteiger partial charge is 0.189 e. The van der Waals surface area contributed by atoms with Crippen LogP contribution >= 0.6 is 8.81 Å². The van der Waals surface area contributed by atoms with Crippen LogP contribution in [0.4, 0.5) is 0 Å². The van der Waals surface area contributed by atoms with Gasteiger partial charge < -0.3 is 9.01 Å². The predicted molar refractivity (Wildman–Crippen MR) is 205 cm³/mol. The van der Waals surface area contributed by atoms with Crippen LogP contribution in [0.3, 0.4) is 0 Å². The quantitative estimate of drug-likeness (QED) is 0.0218. The number of unbranched alkanes of at least 4 members (excludes halogenated alkanes) is 24. The maximum atomic E-state index is 13.2. The van der Waals surface area contributed by atoms with Crippen LogP contribution in [0.15, 0.2) is 12.2 Å². The molecule has 0 aromatic carbocycles. The fourth-order valence-electron chi connectivity index (χ4n) is 6.04. The molecule has 0 aliphatic rings. The van der Waals surface area contributed by atoms with Gasteiger partial charge in [-0.1, -0.05) is 167 Å². The van der Waals surface area contributed by atoms with Crippen LogP contribution in [-0.2, 0) is 14.1 Å². The molecule has 4 nitrogen and oxygen atoms in total. The highest BCUT2D eigenvalue weighted by Gasteiger charge is 2.26. The molecular weight excluding hydrogens is 585 g/mol. The number of hydrogen-bond donors (Lipinski definition) is 0. The van der Waals surface area contributed by atoms with Crippen molar-refractivity contribution >= 4 is 20.1 Å². The van der Waals surface area contributed by atoms with Gasteiger partial charge in [-0.3, -0.25) is 9.59 Å². The van der Waals surface area contributed by atoms with E-state index in [1.165, 1.54) is 141 Å². The Balaban J connectivity index is 4.17. The fraction of sp³-hybridized carbons (Fsp3) is 0.902. The molecule has 0 aromatic rings. The molecule has 272 valence electrons. The van der Waals surface area contributed by atoms with Crippen LogP contribution in [0.5, 0.6) is 0 Å². The molecule has 0 rings (SSSR count). The van der Waals surface area contributed by atoms with Gasteiger partial charge in [0.15, 0.2) is 5.52 Å². The Hall–Kier alpha value is -0.570. The first-order valence-electron chi connectivity index (χ1n) is 20.2. The molecule has 0 amide bonds. The van der Waals surface area contributed by atoms with E-state index in [9.17, 15) is 9.59 Å². The van der Waals surface area contributed by atoms with Gasteiger partial charge in [0.25, 0.3) is 0 Å². The van der Waals surface area contributed by atoms with Crippen molar-refractivity contribution in [1.82, 2.24) is 0 Å². The third-order valence-electron chi connectivity index (χ3n) is 9.27. The van der Waals surface area contributed by atoms with Gasteiger partial charge in [-0.2, -0.15) is 0 Å². The number of nitrogens with zero attached hydrogens (tertiary/aromatic N) is 1. The molecule has 0 saturated carbocycles. The number of ketones is 1. The maximum absolute atomic E-state index is 13.2. The second-order valence-electron chi connectivity index (χ2n) is 15.1. The highest BCUT2D eigenvalue weighted by Crippen LogP contribution is 2.26. The Bertz CT molecular complexity index is 702. The SMILES string of the molecule is CCCCCCCCC=CCCCCCCC(C(=O)CCCCCCCCCCCCCCCCC)C(=O)POCC[N+](C)(C)C. The molecule has 0 heterocycles. The molecule has 2 unspecified atom stereocenters. The van der Waals surface area contributed by atoms with Crippen LogP contribution < -0.4 is 0 Å². The normalized spacial score (nSPS) is 13.0. The van der Waals surface area contributed by atoms with Crippen molar-refractivity contribution in [1.29, 1.82) is 0 Å². The zero-order valence-electron chi connectivity index (χ0n) is 31.8. The lowest BCUT2D eigenvalue weighted by molar-refractivity contribution is -0.870. The monoisotopic (exact) mass is 667 g/mol. The van der Waals surface area contributed by atoms with E-state index in [4.69, 9.17) is 4.52 Å². The van der Waals surface area contributed by atoms with Gasteiger partial charge in [0.2, 0.25) is 0 Å². The van der Waals surface area contributed by atoms with E-state index in [1.807, 2.05) is 0 Å². The van der Waals surface area contributed by atoms with Crippen LogP contribution in [-0.4, -0.2) is 50.1 Å². The number of quaternary nitrogens is 1. The molecule has 46 heavy (non-hydrogen) atoms. The molecule has 2 atom stereocenters. The summed E-state index contributed by atoms with van der Waals surface area (Å²) in [7, 11) is 6.19. The van der Waals surface area contributed by atoms with Gasteiger partial charge in [0, 0.05) is 6.42 Å². The molecule has 0 saturated heterocycles. The summed E-state index contributed by atoms with van der Waals surface area (Å²) in [6, 6.07) is 0. The van der Waals surface area contributed by atoms with Crippen LogP contribution in [0.2, 0.25) is 0 Å². The predicted octanol–water partition coefficient (Wildman–Crippen LogP) is 12.9. The Morgan fingerprint density at radius 1 is 0.565 bits per heavy atom. The minimum Gasteiger partial charge on any atom is -0.349 e. The lowest BCUT2D eigenvalue weighted by Crippen LogP contribution is -2.37. The van der Waals surface area contributed by atoms with Crippen molar-refractivity contribution < 1.29 is 18.6 Å². The van der Waals surface area contributed by atoms with E-state index in [-0.39, 0.29) is 20.1 Å². The number of allylic oxidation sites excluding steroid dienone is 2. The topological polar surface area (TPSA) is 43.4 Å². The largest absolute Gasteiger partial charge is 0.349 e. The lowest BCUT2D eigenvalue weighted by atomic mass is 9.94. The van der Waals surface area contributed by atoms with Crippen LogP contribution in [0.25, 0.3) is 0 Å². The minimum absolute atomic E-state index is 0.0324. The number of hydrogen-bond acceptors (Lipinski definition) is 3. The summed E-state index contributed by atoms with van der Waals surface area (Å²) in [5.41, 5.74) is 0.0324. The average molecular weight is 667 g/mol. The highest BCUT2D eigenvalue weighted by atomic mass is 31.1. The van der Waals surface area contributed by atoms with Gasteiger partial charge in [-0.15, -0.1) is 0 Å². The minimum atomic E-state index is -0.452. The number of carbonyl (C=O) groups is 2. The summed E-state index contributed by atoms with van der Waals surface area (Å²) < 4.78 is 6.57. The standard InChI is InChI=1S/C41H81NO3P/c1-6-8-10-12-14-16-18-20-22-24-26-28-30-32-34-36-40(43)39(41(44)46-45-38-37-42(3,4)5)35-33-31-29-27-25-23-21-19-17-15-13-11-9-7-2/h21,23,39,46H,6-20,22,24-38H2,1-5H3/q+1. The molecular formula is C41H81NO3P+. The average Bonchev–Trinajstić information content (AvgIpc) is 3.02. The van der Waals surface area contributed by atoms with Gasteiger partial charge in [-0.25, -0.2) is 0 Å². The second kappa shape index (κ2) is 34.3. The van der Waals surface area contributed by atoms with Crippen molar-refractivity contribution in [2.24, 2.45) is 5.92 Å². The van der Waals surface area contributed by atoms with E-state index in [0.29, 0.717) is 19.4 Å². The number of rotatable bonds is 37. The molecule has 5 heteroatoms. The molecule has 0 aromatic heterocycles. The third kappa shape index (κ3) is 33.3. The van der Waals surface area contributed by atoms with E-state index < -0.39 is 5.92 Å². The number of carbonyl (C=O) groups excluding carboxylic acids is 2. The maximum Gasteiger partial charge on any atom is 0.189 e. The van der Waals surface area contributed by atoms with Crippen molar-refractivity contribution in [2.45, 2.75) is 200 Å². The van der Waals surface area contributed by atoms with Crippen molar-refractivity contribution in [3.8, 4) is 0 Å². The Kier molecular flexibility index (Phi) is 33.9. The first-order valence-corrected chi connectivity index (χ1v) is 21.1. The van der Waals surface area contributed by atoms with Crippen molar-refractivity contribution in [2.75, 3.05) is 34.3 Å². The Morgan fingerprint density at radius 3 is 1.39 bits per heavy atom. The molecule has 0 radical (unpaired) electrons. The van der Waals surface area contributed by atoms with Gasteiger partial charge in [-0.05, 0) is 38.5 Å². The number of likely N-dealkylation sites (N-methyl/N-ethyl adjacent to an activating group) is 1. The molecule has 0 N–H and O–H groups in total. The van der Waals surface area contributed by atoms with E-state index in [1.54, 1.807) is 0 Å². The van der Waals surface area contributed by atoms with Gasteiger partial charge in [0.05, 0.1) is 35.9 Å². The summed E-state index contributed by atoms with van der Waals surface area (Å²) in [5.74, 6) is -0.286. The van der Waals surface area contributed by atoms with E-state index >= 15 is 0 Å². The third-order valence-corrected chi connectivity index (χ3v) is 10.2. The zero-order chi connectivity index (χ0) is 34.0. The van der Waals surface area contributed by atoms with Crippen molar-refractivity contribution in [3.05, 3.63) is 12.2 Å². The van der Waals surface area contributed by atoms with Gasteiger partial charge >= 0.3 is 0 Å². The molecule has 0 spiro atoms. The van der Waals surface area contributed by atoms with Crippen LogP contribution in [0.1, 0.15) is 200 Å². The number of Topliss-reactive ketones (excluding diaryl/α,β-unsaturated/α-hetero) is 1. The summed E-state index contributed by atoms with van der Waals surface area (Å²) in [6.45, 7) is 5.99. The van der Waals surface area contributed by atoms with Gasteiger partial charge in [0.1, 0.15) is 18.9 Å². The summed E-state index contributed by atoms with van der Waals surface area (Å²) >= 11 is 0. The zero-order valence-corrected chi connectivity index (χ0v) is 32.8.